The summed E-state index contributed by atoms with van der Waals surface area (Å²) in [6.45, 7) is 3.59. The fraction of sp³-hybridized carbons (Fsp3) is 0.150. The van der Waals surface area contributed by atoms with Crippen LogP contribution in [-0.2, 0) is 11.3 Å². The molecule has 5 nitrogen and oxygen atoms in total. The van der Waals surface area contributed by atoms with E-state index < -0.39 is 0 Å². The topological polar surface area (TPSA) is 59.8 Å². The first kappa shape index (κ1) is 17.4. The van der Waals surface area contributed by atoms with E-state index in [1.165, 1.54) is 6.07 Å². The lowest BCUT2D eigenvalue weighted by Crippen LogP contribution is -2.20. The lowest BCUT2D eigenvalue weighted by Gasteiger charge is -2.07. The van der Waals surface area contributed by atoms with Gasteiger partial charge < -0.3 is 5.32 Å². The van der Waals surface area contributed by atoms with Crippen LogP contribution >= 0.6 is 11.3 Å². The smallest absolute Gasteiger partial charge is 0.246 e. The van der Waals surface area contributed by atoms with Gasteiger partial charge in [-0.15, -0.1) is 11.3 Å². The van der Waals surface area contributed by atoms with Gasteiger partial charge in [-0.25, -0.2) is 14.1 Å². The summed E-state index contributed by atoms with van der Waals surface area (Å²) in [7, 11) is 0. The Morgan fingerprint density at radius 1 is 1.26 bits per heavy atom. The van der Waals surface area contributed by atoms with E-state index in [-0.39, 0.29) is 18.3 Å². The molecule has 4 rings (SSSR count). The molecule has 1 amide bonds. The van der Waals surface area contributed by atoms with E-state index in [1.54, 1.807) is 41.3 Å². The number of carbonyl (C=O) groups excluding carboxylic acids is 1. The van der Waals surface area contributed by atoms with E-state index in [4.69, 9.17) is 0 Å². The Kier molecular flexibility index (Phi) is 4.45. The van der Waals surface area contributed by atoms with E-state index in [0.29, 0.717) is 16.9 Å². The van der Waals surface area contributed by atoms with Crippen molar-refractivity contribution in [2.75, 3.05) is 5.32 Å². The minimum atomic E-state index is -0.351. The lowest BCUT2D eigenvalue weighted by atomic mass is 10.1. The van der Waals surface area contributed by atoms with E-state index in [9.17, 15) is 9.18 Å². The molecular formula is C20H17FN4OS. The number of carbonyl (C=O) groups is 1. The highest BCUT2D eigenvalue weighted by Crippen LogP contribution is 2.32. The molecule has 0 fully saturated rings. The highest BCUT2D eigenvalue weighted by molar-refractivity contribution is 7.13. The molecule has 1 aromatic carbocycles. The number of amides is 1. The van der Waals surface area contributed by atoms with Crippen LogP contribution in [0.15, 0.2) is 48.0 Å². The molecule has 0 unspecified atom stereocenters. The zero-order valence-electron chi connectivity index (χ0n) is 14.9. The third kappa shape index (κ3) is 3.33. The molecule has 1 N–H and O–H groups in total. The van der Waals surface area contributed by atoms with Gasteiger partial charge in [0.2, 0.25) is 5.91 Å². The predicted molar refractivity (Wildman–Crippen MR) is 105 cm³/mol. The fourth-order valence-electron chi connectivity index (χ4n) is 3.04. The van der Waals surface area contributed by atoms with Gasteiger partial charge in [-0.2, -0.15) is 5.10 Å². The first-order chi connectivity index (χ1) is 13.0. The van der Waals surface area contributed by atoms with Crippen molar-refractivity contribution in [2.24, 2.45) is 0 Å². The summed E-state index contributed by atoms with van der Waals surface area (Å²) in [5.41, 5.74) is 3.48. The summed E-state index contributed by atoms with van der Waals surface area (Å²) < 4.78 is 15.3. The number of anilines is 1. The second kappa shape index (κ2) is 6.92. The zero-order valence-corrected chi connectivity index (χ0v) is 15.7. The minimum Gasteiger partial charge on any atom is -0.324 e. The number of pyridine rings is 1. The SMILES string of the molecule is Cc1ccc(NC(=O)Cn2nc(C)c3c(-c4cccs4)ccnc32)cc1F. The number of nitrogens with zero attached hydrogens (tertiary/aromatic N) is 3. The summed E-state index contributed by atoms with van der Waals surface area (Å²) >= 11 is 1.65. The fourth-order valence-corrected chi connectivity index (χ4v) is 3.79. The molecule has 4 aromatic rings. The van der Waals surface area contributed by atoms with Crippen molar-refractivity contribution in [1.82, 2.24) is 14.8 Å². The minimum absolute atomic E-state index is 0.000723. The number of thiophene rings is 1. The van der Waals surface area contributed by atoms with E-state index in [2.05, 4.69) is 21.5 Å². The van der Waals surface area contributed by atoms with Gasteiger partial charge in [0.05, 0.1) is 11.1 Å². The van der Waals surface area contributed by atoms with E-state index in [0.717, 1.165) is 21.5 Å². The first-order valence-corrected chi connectivity index (χ1v) is 9.33. The third-order valence-electron chi connectivity index (χ3n) is 4.34. The number of rotatable bonds is 4. The van der Waals surface area contributed by atoms with Crippen LogP contribution in [0.3, 0.4) is 0 Å². The highest BCUT2D eigenvalue weighted by Gasteiger charge is 2.16. The Bertz CT molecular complexity index is 1130. The summed E-state index contributed by atoms with van der Waals surface area (Å²) in [5.74, 6) is -0.638. The number of hydrogen-bond donors (Lipinski definition) is 1. The van der Waals surface area contributed by atoms with Gasteiger partial charge in [-0.3, -0.25) is 4.79 Å². The quantitative estimate of drug-likeness (QED) is 0.565. The Labute approximate surface area is 159 Å². The maximum Gasteiger partial charge on any atom is 0.246 e. The Morgan fingerprint density at radius 3 is 2.85 bits per heavy atom. The molecule has 7 heteroatoms. The molecule has 0 aliphatic carbocycles. The lowest BCUT2D eigenvalue weighted by molar-refractivity contribution is -0.116. The van der Waals surface area contributed by atoms with Crippen LogP contribution in [-0.4, -0.2) is 20.7 Å². The molecule has 0 bridgehead atoms. The van der Waals surface area contributed by atoms with Gasteiger partial charge in [0.15, 0.2) is 5.65 Å². The number of fused-ring (bicyclic) bond motifs is 1. The molecule has 0 atom stereocenters. The van der Waals surface area contributed by atoms with Crippen LogP contribution in [0.5, 0.6) is 0 Å². The van der Waals surface area contributed by atoms with Crippen LogP contribution in [0.4, 0.5) is 10.1 Å². The number of halogens is 1. The number of benzene rings is 1. The molecule has 0 spiro atoms. The van der Waals surface area contributed by atoms with Gasteiger partial charge >= 0.3 is 0 Å². The Morgan fingerprint density at radius 2 is 2.11 bits per heavy atom. The molecule has 0 aliphatic heterocycles. The van der Waals surface area contributed by atoms with Crippen LogP contribution < -0.4 is 5.32 Å². The van der Waals surface area contributed by atoms with Crippen molar-refractivity contribution in [3.63, 3.8) is 0 Å². The molecule has 0 saturated heterocycles. The normalized spacial score (nSPS) is 11.1. The standard InChI is InChI=1S/C20H17FN4OS/c1-12-5-6-14(10-16(12)21)23-18(26)11-25-20-19(13(2)24-25)15(7-8-22-20)17-4-3-9-27-17/h3-10H,11H2,1-2H3,(H,23,26). The second-order valence-electron chi connectivity index (χ2n) is 6.29. The summed E-state index contributed by atoms with van der Waals surface area (Å²) in [6.07, 6.45) is 1.72. The van der Waals surface area contributed by atoms with Gasteiger partial charge in [-0.05, 0) is 49.1 Å². The van der Waals surface area contributed by atoms with Crippen molar-refractivity contribution in [1.29, 1.82) is 0 Å². The predicted octanol–water partition coefficient (Wildman–Crippen LogP) is 4.55. The molecule has 0 saturated carbocycles. The van der Waals surface area contributed by atoms with Gasteiger partial charge in [-0.1, -0.05) is 12.1 Å². The summed E-state index contributed by atoms with van der Waals surface area (Å²) in [6, 6.07) is 10.6. The molecule has 3 heterocycles. The Balaban J connectivity index is 1.63. The maximum atomic E-state index is 13.7. The van der Waals surface area contributed by atoms with Crippen molar-refractivity contribution >= 4 is 34.0 Å². The second-order valence-corrected chi connectivity index (χ2v) is 7.24. The number of aryl methyl sites for hydroxylation is 2. The zero-order chi connectivity index (χ0) is 19.0. The van der Waals surface area contributed by atoms with Crippen LogP contribution in [0.25, 0.3) is 21.5 Å². The average molecular weight is 380 g/mol. The third-order valence-corrected chi connectivity index (χ3v) is 5.25. The number of nitrogens with one attached hydrogen (secondary N) is 1. The van der Waals surface area contributed by atoms with Crippen LogP contribution in [0, 0.1) is 19.7 Å². The molecule has 0 aliphatic rings. The van der Waals surface area contributed by atoms with Crippen LogP contribution in [0.2, 0.25) is 0 Å². The first-order valence-electron chi connectivity index (χ1n) is 8.45. The van der Waals surface area contributed by atoms with Crippen molar-refractivity contribution in [2.45, 2.75) is 20.4 Å². The number of hydrogen-bond acceptors (Lipinski definition) is 4. The highest BCUT2D eigenvalue weighted by atomic mass is 32.1. The maximum absolute atomic E-state index is 13.7. The van der Waals surface area contributed by atoms with Crippen molar-refractivity contribution in [3.8, 4) is 10.4 Å². The van der Waals surface area contributed by atoms with Gasteiger partial charge in [0, 0.05) is 22.3 Å². The number of aromatic nitrogens is 3. The van der Waals surface area contributed by atoms with E-state index >= 15 is 0 Å². The molecule has 3 aromatic heterocycles. The summed E-state index contributed by atoms with van der Waals surface area (Å²) in [5, 5.41) is 10.2. The van der Waals surface area contributed by atoms with Gasteiger partial charge in [0.1, 0.15) is 12.4 Å². The Hall–Kier alpha value is -3.06. The molecule has 27 heavy (non-hydrogen) atoms. The average Bonchev–Trinajstić information content (AvgIpc) is 3.27. The van der Waals surface area contributed by atoms with E-state index in [1.807, 2.05) is 24.4 Å². The van der Waals surface area contributed by atoms with Crippen molar-refractivity contribution < 1.29 is 9.18 Å². The summed E-state index contributed by atoms with van der Waals surface area (Å²) in [4.78, 5) is 18.0. The molecule has 0 radical (unpaired) electrons. The largest absolute Gasteiger partial charge is 0.324 e. The molecular weight excluding hydrogens is 363 g/mol. The van der Waals surface area contributed by atoms with Gasteiger partial charge in [0.25, 0.3) is 0 Å². The van der Waals surface area contributed by atoms with Crippen molar-refractivity contribution in [3.05, 3.63) is 65.0 Å². The monoisotopic (exact) mass is 380 g/mol. The van der Waals surface area contributed by atoms with Crippen LogP contribution in [0.1, 0.15) is 11.3 Å². The molecule has 136 valence electrons.